The van der Waals surface area contributed by atoms with E-state index < -0.39 is 0 Å². The van der Waals surface area contributed by atoms with Gasteiger partial charge in [-0.3, -0.25) is 0 Å². The summed E-state index contributed by atoms with van der Waals surface area (Å²) in [5.41, 5.74) is 0.482. The quantitative estimate of drug-likeness (QED) is 0.927. The molecule has 0 aliphatic carbocycles. The number of aromatic hydroxyl groups is 1. The van der Waals surface area contributed by atoms with Gasteiger partial charge < -0.3 is 19.1 Å². The van der Waals surface area contributed by atoms with Crippen LogP contribution in [0.25, 0.3) is 11.5 Å². The maximum Gasteiger partial charge on any atom is 0.261 e. The molecule has 6 nitrogen and oxygen atoms in total. The highest BCUT2D eigenvalue weighted by atomic mass is 16.5. The van der Waals surface area contributed by atoms with Gasteiger partial charge in [-0.05, 0) is 31.0 Å². The van der Waals surface area contributed by atoms with Crippen LogP contribution in [0.2, 0.25) is 0 Å². The maximum atomic E-state index is 9.90. The Balaban J connectivity index is 1.89. The van der Waals surface area contributed by atoms with E-state index in [1.165, 1.54) is 0 Å². The molecule has 0 saturated carbocycles. The van der Waals surface area contributed by atoms with Gasteiger partial charge in [0.15, 0.2) is 5.82 Å². The van der Waals surface area contributed by atoms with Gasteiger partial charge in [0.25, 0.3) is 5.89 Å². The van der Waals surface area contributed by atoms with E-state index >= 15 is 0 Å². The fraction of sp³-hybridized carbons (Fsp3) is 0.429. The molecule has 0 bridgehead atoms. The Morgan fingerprint density at radius 1 is 1.30 bits per heavy atom. The van der Waals surface area contributed by atoms with E-state index in [0.29, 0.717) is 23.0 Å². The van der Waals surface area contributed by atoms with Crippen molar-refractivity contribution in [1.82, 2.24) is 10.1 Å². The lowest BCUT2D eigenvalue weighted by Gasteiger charge is -2.18. The molecule has 0 radical (unpaired) electrons. The molecule has 0 amide bonds. The van der Waals surface area contributed by atoms with Gasteiger partial charge in [0.2, 0.25) is 0 Å². The minimum absolute atomic E-state index is 0.0907. The van der Waals surface area contributed by atoms with E-state index in [1.807, 2.05) is 0 Å². The third-order valence-electron chi connectivity index (χ3n) is 3.46. The highest BCUT2D eigenvalue weighted by Gasteiger charge is 2.22. The highest BCUT2D eigenvalue weighted by molar-refractivity contribution is 5.64. The second kappa shape index (κ2) is 5.50. The summed E-state index contributed by atoms with van der Waals surface area (Å²) >= 11 is 0. The first-order valence-electron chi connectivity index (χ1n) is 6.56. The number of methoxy groups -OCH3 is 1. The van der Waals surface area contributed by atoms with Crippen LogP contribution in [0.1, 0.15) is 24.6 Å². The first kappa shape index (κ1) is 12.9. The summed E-state index contributed by atoms with van der Waals surface area (Å²) in [4.78, 5) is 4.39. The third kappa shape index (κ3) is 2.46. The molecule has 20 heavy (non-hydrogen) atoms. The number of hydrogen-bond donors (Lipinski definition) is 1. The summed E-state index contributed by atoms with van der Waals surface area (Å²) in [6.07, 6.45) is 1.78. The Morgan fingerprint density at radius 3 is 2.85 bits per heavy atom. The van der Waals surface area contributed by atoms with Crippen molar-refractivity contribution in [3.8, 4) is 23.0 Å². The molecule has 3 rings (SSSR count). The molecule has 1 saturated heterocycles. The van der Waals surface area contributed by atoms with Crippen molar-refractivity contribution in [1.29, 1.82) is 0 Å². The third-order valence-corrected chi connectivity index (χ3v) is 3.46. The number of phenolic OH excluding ortho intramolecular Hbond substituents is 1. The van der Waals surface area contributed by atoms with E-state index in [0.717, 1.165) is 26.1 Å². The van der Waals surface area contributed by atoms with Crippen molar-refractivity contribution in [2.45, 2.75) is 18.8 Å². The molecule has 0 spiro atoms. The van der Waals surface area contributed by atoms with Gasteiger partial charge in [0.05, 0.1) is 12.7 Å². The van der Waals surface area contributed by atoms with Crippen molar-refractivity contribution in [2.24, 2.45) is 0 Å². The van der Waals surface area contributed by atoms with Crippen molar-refractivity contribution in [2.75, 3.05) is 20.3 Å². The molecule has 2 heterocycles. The number of ether oxygens (including phenoxy) is 2. The Kier molecular flexibility index (Phi) is 3.56. The fourth-order valence-corrected chi connectivity index (χ4v) is 2.28. The van der Waals surface area contributed by atoms with Crippen LogP contribution < -0.4 is 4.74 Å². The van der Waals surface area contributed by atoms with Crippen LogP contribution in [0, 0.1) is 0 Å². The normalized spacial score (nSPS) is 16.2. The van der Waals surface area contributed by atoms with Crippen LogP contribution in [-0.2, 0) is 4.74 Å². The van der Waals surface area contributed by atoms with Crippen LogP contribution in [0.4, 0.5) is 0 Å². The first-order valence-corrected chi connectivity index (χ1v) is 6.56. The van der Waals surface area contributed by atoms with Crippen LogP contribution in [0.15, 0.2) is 22.7 Å². The zero-order valence-corrected chi connectivity index (χ0v) is 11.2. The second-order valence-corrected chi connectivity index (χ2v) is 4.73. The molecule has 2 aromatic rings. The second-order valence-electron chi connectivity index (χ2n) is 4.73. The van der Waals surface area contributed by atoms with Crippen LogP contribution in [-0.4, -0.2) is 35.6 Å². The molecular formula is C14H16N2O4. The summed E-state index contributed by atoms with van der Waals surface area (Å²) in [6.45, 7) is 1.44. The van der Waals surface area contributed by atoms with Gasteiger partial charge in [0, 0.05) is 19.1 Å². The lowest BCUT2D eigenvalue weighted by molar-refractivity contribution is 0.0830. The highest BCUT2D eigenvalue weighted by Crippen LogP contribution is 2.33. The van der Waals surface area contributed by atoms with Gasteiger partial charge in [-0.2, -0.15) is 4.98 Å². The number of aromatic nitrogens is 2. The Bertz CT molecular complexity index is 591. The van der Waals surface area contributed by atoms with Gasteiger partial charge in [0.1, 0.15) is 11.5 Å². The molecule has 1 aromatic heterocycles. The minimum Gasteiger partial charge on any atom is -0.507 e. The predicted octanol–water partition coefficient (Wildman–Crippen LogP) is 2.34. The summed E-state index contributed by atoms with van der Waals surface area (Å²) in [5, 5.41) is 13.9. The van der Waals surface area contributed by atoms with Crippen LogP contribution in [0.3, 0.4) is 0 Å². The van der Waals surface area contributed by atoms with E-state index in [4.69, 9.17) is 14.0 Å². The fourth-order valence-electron chi connectivity index (χ4n) is 2.28. The van der Waals surface area contributed by atoms with E-state index in [2.05, 4.69) is 10.1 Å². The Hall–Kier alpha value is -2.08. The largest absolute Gasteiger partial charge is 0.507 e. The van der Waals surface area contributed by atoms with E-state index in [-0.39, 0.29) is 11.7 Å². The topological polar surface area (TPSA) is 77.6 Å². The summed E-state index contributed by atoms with van der Waals surface area (Å²) in [5.74, 6) is 1.96. The standard InChI is InChI=1S/C14H16N2O4/c1-18-10-2-3-12(17)11(8-10)14-15-13(16-20-14)9-4-6-19-7-5-9/h2-3,8-9,17H,4-7H2,1H3. The van der Waals surface area contributed by atoms with Crippen LogP contribution in [0.5, 0.6) is 11.5 Å². The Morgan fingerprint density at radius 2 is 2.10 bits per heavy atom. The summed E-state index contributed by atoms with van der Waals surface area (Å²) in [6, 6.07) is 4.90. The first-order chi connectivity index (χ1) is 9.78. The SMILES string of the molecule is COc1ccc(O)c(-c2nc(C3CCOCC3)no2)c1. The smallest absolute Gasteiger partial charge is 0.261 e. The number of benzene rings is 1. The molecule has 0 atom stereocenters. The molecule has 1 aromatic carbocycles. The van der Waals surface area contributed by atoms with E-state index in [1.54, 1.807) is 25.3 Å². The summed E-state index contributed by atoms with van der Waals surface area (Å²) in [7, 11) is 1.57. The summed E-state index contributed by atoms with van der Waals surface area (Å²) < 4.78 is 15.7. The van der Waals surface area contributed by atoms with Crippen molar-refractivity contribution >= 4 is 0 Å². The molecule has 1 aliphatic rings. The van der Waals surface area contributed by atoms with Crippen LogP contribution >= 0.6 is 0 Å². The number of phenols is 1. The molecule has 6 heteroatoms. The molecule has 0 unspecified atom stereocenters. The van der Waals surface area contributed by atoms with Gasteiger partial charge in [-0.25, -0.2) is 0 Å². The van der Waals surface area contributed by atoms with Crippen molar-refractivity contribution in [3.63, 3.8) is 0 Å². The van der Waals surface area contributed by atoms with Crippen molar-refractivity contribution in [3.05, 3.63) is 24.0 Å². The predicted molar refractivity (Wildman–Crippen MR) is 70.7 cm³/mol. The molecule has 106 valence electrons. The van der Waals surface area contributed by atoms with Gasteiger partial charge in [-0.15, -0.1) is 0 Å². The molecule has 1 N–H and O–H groups in total. The zero-order valence-electron chi connectivity index (χ0n) is 11.2. The van der Waals surface area contributed by atoms with Crippen molar-refractivity contribution < 1.29 is 19.1 Å². The van der Waals surface area contributed by atoms with Gasteiger partial charge in [-0.1, -0.05) is 5.16 Å². The van der Waals surface area contributed by atoms with E-state index in [9.17, 15) is 5.11 Å². The molecule has 1 aliphatic heterocycles. The lowest BCUT2D eigenvalue weighted by Crippen LogP contribution is -2.15. The molecule has 1 fully saturated rings. The number of nitrogens with zero attached hydrogens (tertiary/aromatic N) is 2. The number of rotatable bonds is 3. The maximum absolute atomic E-state index is 9.90. The molecular weight excluding hydrogens is 260 g/mol. The number of hydrogen-bond acceptors (Lipinski definition) is 6. The monoisotopic (exact) mass is 276 g/mol. The Labute approximate surface area is 116 Å². The average molecular weight is 276 g/mol. The zero-order chi connectivity index (χ0) is 13.9. The average Bonchev–Trinajstić information content (AvgIpc) is 2.98. The lowest BCUT2D eigenvalue weighted by atomic mass is 10.00. The van der Waals surface area contributed by atoms with Gasteiger partial charge >= 0.3 is 0 Å². The minimum atomic E-state index is 0.0907.